The fourth-order valence-corrected chi connectivity index (χ4v) is 1.83. The Kier molecular flexibility index (Phi) is 5.73. The Labute approximate surface area is 106 Å². The summed E-state index contributed by atoms with van der Waals surface area (Å²) in [6, 6.07) is 0.370. The third kappa shape index (κ3) is 4.08. The van der Waals surface area contributed by atoms with Crippen molar-refractivity contribution < 1.29 is 9.66 Å². The number of aliphatic imine (C=N–C) groups is 1. The minimum Gasteiger partial charge on any atom is -0.399 e. The molecule has 0 aliphatic carbocycles. The van der Waals surface area contributed by atoms with Crippen molar-refractivity contribution in [2.45, 2.75) is 19.9 Å². The predicted octanol–water partition coefficient (Wildman–Crippen LogP) is 0.245. The van der Waals surface area contributed by atoms with Gasteiger partial charge in [0.2, 0.25) is 0 Å². The highest BCUT2D eigenvalue weighted by molar-refractivity contribution is 5.95. The Morgan fingerprint density at radius 2 is 2.44 bits per heavy atom. The number of nitrogens with two attached hydrogens (primary N) is 1. The van der Waals surface area contributed by atoms with Crippen LogP contribution in [0.15, 0.2) is 16.9 Å². The van der Waals surface area contributed by atoms with Crippen LogP contribution in [0.1, 0.15) is 13.8 Å². The van der Waals surface area contributed by atoms with Crippen molar-refractivity contribution in [3.8, 4) is 0 Å². The number of hydrogen-bond donors (Lipinski definition) is 1. The molecule has 0 bridgehead atoms. The molecule has 0 aromatic rings. The first-order chi connectivity index (χ1) is 8.56. The van der Waals surface area contributed by atoms with Gasteiger partial charge in [0.15, 0.2) is 0 Å². The number of nitro groups is 1. The summed E-state index contributed by atoms with van der Waals surface area (Å²) < 4.78 is 5.33. The van der Waals surface area contributed by atoms with Crippen molar-refractivity contribution >= 4 is 5.71 Å². The fraction of sp³-hybridized carbons (Fsp3) is 0.727. The van der Waals surface area contributed by atoms with Crippen LogP contribution in [0.5, 0.6) is 0 Å². The number of nitrogens with zero attached hydrogens (tertiary/aromatic N) is 3. The van der Waals surface area contributed by atoms with Gasteiger partial charge in [0.1, 0.15) is 5.71 Å². The van der Waals surface area contributed by atoms with E-state index in [2.05, 4.69) is 16.8 Å². The number of allylic oxidation sites excluding steroid dienone is 1. The van der Waals surface area contributed by atoms with E-state index in [9.17, 15) is 10.1 Å². The first-order valence-electron chi connectivity index (χ1n) is 5.95. The summed E-state index contributed by atoms with van der Waals surface area (Å²) in [7, 11) is 0. The molecule has 1 rings (SSSR count). The standard InChI is InChI=1S/C11H20N4O3/c1-9-8-18-6-5-14(9)4-3-13-10(2)11(7-12)15(16)17/h7,9H,3-6,8,12H2,1-2H3. The minimum absolute atomic E-state index is 0.134. The average molecular weight is 256 g/mol. The highest BCUT2D eigenvalue weighted by Crippen LogP contribution is 2.05. The minimum atomic E-state index is -0.518. The molecule has 1 unspecified atom stereocenters. The van der Waals surface area contributed by atoms with Crippen LogP contribution in [0.3, 0.4) is 0 Å². The van der Waals surface area contributed by atoms with Crippen molar-refractivity contribution in [1.82, 2.24) is 4.90 Å². The van der Waals surface area contributed by atoms with Gasteiger partial charge in [-0.3, -0.25) is 20.0 Å². The topological polar surface area (TPSA) is 94.0 Å². The third-order valence-electron chi connectivity index (χ3n) is 2.97. The molecule has 2 N–H and O–H groups in total. The van der Waals surface area contributed by atoms with Crippen LogP contribution in [-0.2, 0) is 4.74 Å². The monoisotopic (exact) mass is 256 g/mol. The summed E-state index contributed by atoms with van der Waals surface area (Å²) in [6.45, 7) is 7.34. The summed E-state index contributed by atoms with van der Waals surface area (Å²) in [5, 5.41) is 10.6. The maximum absolute atomic E-state index is 10.6. The molecule has 7 heteroatoms. The Hall–Kier alpha value is -1.47. The van der Waals surface area contributed by atoms with E-state index in [4.69, 9.17) is 10.5 Å². The van der Waals surface area contributed by atoms with Gasteiger partial charge >= 0.3 is 5.70 Å². The number of hydrogen-bond acceptors (Lipinski definition) is 6. The zero-order valence-corrected chi connectivity index (χ0v) is 10.8. The molecule has 1 heterocycles. The van der Waals surface area contributed by atoms with Crippen LogP contribution in [0.25, 0.3) is 0 Å². The lowest BCUT2D eigenvalue weighted by atomic mass is 10.2. The van der Waals surface area contributed by atoms with Crippen LogP contribution in [0, 0.1) is 10.1 Å². The van der Waals surface area contributed by atoms with E-state index in [-0.39, 0.29) is 5.70 Å². The molecule has 0 radical (unpaired) electrons. The van der Waals surface area contributed by atoms with E-state index >= 15 is 0 Å². The van der Waals surface area contributed by atoms with Gasteiger partial charge in [0.05, 0.1) is 30.9 Å². The molecule has 18 heavy (non-hydrogen) atoms. The molecule has 102 valence electrons. The van der Waals surface area contributed by atoms with E-state index in [0.29, 0.717) is 18.3 Å². The molecular weight excluding hydrogens is 236 g/mol. The van der Waals surface area contributed by atoms with Crippen LogP contribution in [0.2, 0.25) is 0 Å². The number of rotatable bonds is 5. The van der Waals surface area contributed by atoms with E-state index in [1.165, 1.54) is 0 Å². The molecule has 1 aliphatic rings. The van der Waals surface area contributed by atoms with Gasteiger partial charge in [-0.1, -0.05) is 0 Å². The second kappa shape index (κ2) is 7.07. The molecular formula is C11H20N4O3. The highest BCUT2D eigenvalue weighted by Gasteiger charge is 2.18. The third-order valence-corrected chi connectivity index (χ3v) is 2.97. The van der Waals surface area contributed by atoms with Crippen LogP contribution < -0.4 is 5.73 Å². The normalized spacial score (nSPS) is 23.1. The first-order valence-corrected chi connectivity index (χ1v) is 5.95. The number of ether oxygens (including phenoxy) is 1. The summed E-state index contributed by atoms with van der Waals surface area (Å²) in [4.78, 5) is 16.6. The maximum Gasteiger partial charge on any atom is 0.305 e. The molecule has 1 aliphatic heterocycles. The van der Waals surface area contributed by atoms with Gasteiger partial charge < -0.3 is 10.5 Å². The molecule has 1 saturated heterocycles. The van der Waals surface area contributed by atoms with E-state index in [1.807, 2.05) is 0 Å². The van der Waals surface area contributed by atoms with E-state index < -0.39 is 4.92 Å². The molecule has 0 aromatic heterocycles. The molecule has 1 atom stereocenters. The van der Waals surface area contributed by atoms with Gasteiger partial charge in [-0.05, 0) is 13.8 Å². The van der Waals surface area contributed by atoms with Gasteiger partial charge in [-0.2, -0.15) is 0 Å². The predicted molar refractivity (Wildman–Crippen MR) is 69.1 cm³/mol. The fourth-order valence-electron chi connectivity index (χ4n) is 1.83. The Morgan fingerprint density at radius 1 is 1.72 bits per heavy atom. The molecule has 0 amide bonds. The first kappa shape index (κ1) is 14.6. The zero-order chi connectivity index (χ0) is 13.5. The molecule has 7 nitrogen and oxygen atoms in total. The van der Waals surface area contributed by atoms with Crippen LogP contribution in [0.4, 0.5) is 0 Å². The second-order valence-electron chi connectivity index (χ2n) is 4.24. The SMILES string of the molecule is CC(=NCCN1CCOCC1C)C(=CN)[N+](=O)[O-]. The number of morpholine rings is 1. The lowest BCUT2D eigenvalue weighted by molar-refractivity contribution is -0.415. The lowest BCUT2D eigenvalue weighted by Crippen LogP contribution is -2.44. The van der Waals surface area contributed by atoms with E-state index in [1.54, 1.807) is 6.92 Å². The molecule has 0 saturated carbocycles. The molecule has 1 fully saturated rings. The average Bonchev–Trinajstić information content (AvgIpc) is 2.32. The maximum atomic E-state index is 10.6. The molecule has 0 aromatic carbocycles. The van der Waals surface area contributed by atoms with Crippen molar-refractivity contribution in [2.75, 3.05) is 32.8 Å². The largest absolute Gasteiger partial charge is 0.399 e. The van der Waals surface area contributed by atoms with Crippen LogP contribution in [-0.4, -0.2) is 54.4 Å². The summed E-state index contributed by atoms with van der Waals surface area (Å²) >= 11 is 0. The Bertz CT molecular complexity index is 354. The van der Waals surface area contributed by atoms with Gasteiger partial charge in [-0.25, -0.2) is 0 Å². The smallest absolute Gasteiger partial charge is 0.305 e. The van der Waals surface area contributed by atoms with Crippen molar-refractivity contribution in [3.05, 3.63) is 22.0 Å². The zero-order valence-electron chi connectivity index (χ0n) is 10.8. The van der Waals surface area contributed by atoms with Gasteiger partial charge in [-0.15, -0.1) is 0 Å². The van der Waals surface area contributed by atoms with E-state index in [0.717, 1.165) is 32.5 Å². The van der Waals surface area contributed by atoms with Crippen LogP contribution >= 0.6 is 0 Å². The van der Waals surface area contributed by atoms with Crippen molar-refractivity contribution in [1.29, 1.82) is 0 Å². The van der Waals surface area contributed by atoms with Gasteiger partial charge in [0.25, 0.3) is 0 Å². The second-order valence-corrected chi connectivity index (χ2v) is 4.24. The summed E-state index contributed by atoms with van der Waals surface area (Å²) in [6.07, 6.45) is 0.982. The quantitative estimate of drug-likeness (QED) is 0.432. The van der Waals surface area contributed by atoms with Crippen molar-refractivity contribution in [2.24, 2.45) is 10.7 Å². The van der Waals surface area contributed by atoms with Gasteiger partial charge in [0, 0.05) is 19.1 Å². The summed E-state index contributed by atoms with van der Waals surface area (Å²) in [5.74, 6) is 0. The highest BCUT2D eigenvalue weighted by atomic mass is 16.6. The lowest BCUT2D eigenvalue weighted by Gasteiger charge is -2.32. The Balaban J connectivity index is 2.46. The summed E-state index contributed by atoms with van der Waals surface area (Å²) in [5.41, 5.74) is 5.43. The van der Waals surface area contributed by atoms with Crippen molar-refractivity contribution in [3.63, 3.8) is 0 Å². The molecule has 0 spiro atoms. The Morgan fingerprint density at radius 3 is 3.00 bits per heavy atom.